The summed E-state index contributed by atoms with van der Waals surface area (Å²) in [6, 6.07) is 20.9. The zero-order valence-electron chi connectivity index (χ0n) is 18.0. The fraction of sp³-hybridized carbons (Fsp3) is 0.0833. The lowest BCUT2D eigenvalue weighted by atomic mass is 10.1. The second-order valence-corrected chi connectivity index (χ2v) is 9.50. The van der Waals surface area contributed by atoms with E-state index in [1.807, 2.05) is 37.3 Å². The van der Waals surface area contributed by atoms with Gasteiger partial charge in [0.15, 0.2) is 15.6 Å². The van der Waals surface area contributed by atoms with E-state index in [0.717, 1.165) is 11.8 Å². The molecule has 0 spiro atoms. The third kappa shape index (κ3) is 4.73. The molecule has 0 saturated carbocycles. The molecule has 0 aliphatic carbocycles. The van der Waals surface area contributed by atoms with Gasteiger partial charge < -0.3 is 10.8 Å². The van der Waals surface area contributed by atoms with Gasteiger partial charge in [-0.15, -0.1) is 10.2 Å². The maximum absolute atomic E-state index is 12.4. The van der Waals surface area contributed by atoms with Gasteiger partial charge in [-0.05, 0) is 48.7 Å². The third-order valence-electron chi connectivity index (χ3n) is 4.96. The minimum absolute atomic E-state index is 0.150. The Balaban J connectivity index is 1.87. The molecule has 0 atom stereocenters. The van der Waals surface area contributed by atoms with Crippen molar-refractivity contribution in [2.75, 3.05) is 12.0 Å². The molecule has 0 bridgehead atoms. The van der Waals surface area contributed by atoms with Crippen molar-refractivity contribution in [1.82, 2.24) is 0 Å². The van der Waals surface area contributed by atoms with Crippen LogP contribution in [0, 0.1) is 6.92 Å². The Bertz CT molecular complexity index is 1500. The van der Waals surface area contributed by atoms with Gasteiger partial charge in [0, 0.05) is 6.26 Å². The number of nitrogen functional groups attached to an aromatic ring is 1. The van der Waals surface area contributed by atoms with Gasteiger partial charge in [-0.2, -0.15) is 10.2 Å². The molecule has 4 rings (SSSR count). The van der Waals surface area contributed by atoms with Crippen molar-refractivity contribution in [2.24, 2.45) is 20.5 Å². The largest absolute Gasteiger partial charge is 0.505 e. The van der Waals surface area contributed by atoms with Gasteiger partial charge in [0.1, 0.15) is 11.4 Å². The second kappa shape index (κ2) is 8.79. The number of phenols is 1. The molecular formula is C24H21N5O3S. The third-order valence-corrected chi connectivity index (χ3v) is 6.07. The molecule has 0 aliphatic heterocycles. The van der Waals surface area contributed by atoms with E-state index in [-0.39, 0.29) is 21.7 Å². The first-order chi connectivity index (χ1) is 15.7. The van der Waals surface area contributed by atoms with E-state index in [2.05, 4.69) is 20.5 Å². The summed E-state index contributed by atoms with van der Waals surface area (Å²) in [5, 5.41) is 28.2. The van der Waals surface area contributed by atoms with Crippen molar-refractivity contribution < 1.29 is 13.5 Å². The van der Waals surface area contributed by atoms with Gasteiger partial charge in [0.2, 0.25) is 0 Å². The Morgan fingerprint density at radius 2 is 1.45 bits per heavy atom. The van der Waals surface area contributed by atoms with Crippen LogP contribution in [0.4, 0.5) is 28.4 Å². The summed E-state index contributed by atoms with van der Waals surface area (Å²) in [5.41, 5.74) is 8.85. The number of hydrogen-bond acceptors (Lipinski definition) is 8. The van der Waals surface area contributed by atoms with E-state index in [1.165, 1.54) is 6.07 Å². The molecular weight excluding hydrogens is 438 g/mol. The molecule has 9 heteroatoms. The van der Waals surface area contributed by atoms with Crippen molar-refractivity contribution in [3.05, 3.63) is 78.4 Å². The average Bonchev–Trinajstić information content (AvgIpc) is 2.79. The first-order valence-electron chi connectivity index (χ1n) is 9.97. The zero-order chi connectivity index (χ0) is 23.6. The molecule has 0 fully saturated rings. The van der Waals surface area contributed by atoms with Crippen molar-refractivity contribution in [3.63, 3.8) is 0 Å². The summed E-state index contributed by atoms with van der Waals surface area (Å²) in [5.74, 6) is -0.391. The van der Waals surface area contributed by atoms with Crippen LogP contribution in [0.5, 0.6) is 5.75 Å². The van der Waals surface area contributed by atoms with Crippen LogP contribution < -0.4 is 5.73 Å². The van der Waals surface area contributed by atoms with Gasteiger partial charge >= 0.3 is 0 Å². The standard InChI is InChI=1S/C24H21N5O3S/c1-15-8-11-18(12-9-15)26-28-19-13-10-16-14-20(33(2,31)32)23(24(30)21(16)22(19)25)29-27-17-6-4-3-5-7-17/h3-14,30H,25H2,1-2H3. The Morgan fingerprint density at radius 1 is 0.818 bits per heavy atom. The fourth-order valence-corrected chi connectivity index (χ4v) is 4.08. The molecule has 4 aromatic carbocycles. The molecule has 0 aromatic heterocycles. The molecule has 0 radical (unpaired) electrons. The van der Waals surface area contributed by atoms with Crippen molar-refractivity contribution >= 4 is 49.0 Å². The molecule has 0 heterocycles. The molecule has 166 valence electrons. The van der Waals surface area contributed by atoms with Crippen molar-refractivity contribution in [2.45, 2.75) is 11.8 Å². The fourth-order valence-electron chi connectivity index (χ4n) is 3.25. The van der Waals surface area contributed by atoms with E-state index >= 15 is 0 Å². The summed E-state index contributed by atoms with van der Waals surface area (Å²) in [4.78, 5) is -0.152. The number of fused-ring (bicyclic) bond motifs is 1. The number of hydrogen-bond donors (Lipinski definition) is 2. The Labute approximate surface area is 191 Å². The summed E-state index contributed by atoms with van der Waals surface area (Å²) >= 11 is 0. The Morgan fingerprint density at radius 3 is 2.12 bits per heavy atom. The van der Waals surface area contributed by atoms with Crippen LogP contribution in [0.15, 0.2) is 98.1 Å². The maximum Gasteiger partial charge on any atom is 0.177 e. The minimum Gasteiger partial charge on any atom is -0.505 e. The number of phenolic OH excluding ortho intramolecular Hbond substituents is 1. The molecule has 33 heavy (non-hydrogen) atoms. The lowest BCUT2D eigenvalue weighted by Gasteiger charge is -2.12. The number of nitrogens with zero attached hydrogens (tertiary/aromatic N) is 4. The minimum atomic E-state index is -3.72. The quantitative estimate of drug-likeness (QED) is 0.255. The van der Waals surface area contributed by atoms with Gasteiger partial charge in [0.25, 0.3) is 0 Å². The predicted molar refractivity (Wildman–Crippen MR) is 129 cm³/mol. The van der Waals surface area contributed by atoms with E-state index in [9.17, 15) is 13.5 Å². The summed E-state index contributed by atoms with van der Waals surface area (Å²) in [7, 11) is -3.72. The normalized spacial score (nSPS) is 12.2. The number of benzene rings is 4. The van der Waals surface area contributed by atoms with Crippen LogP contribution in [0.2, 0.25) is 0 Å². The first-order valence-corrected chi connectivity index (χ1v) is 11.9. The highest BCUT2D eigenvalue weighted by molar-refractivity contribution is 7.90. The molecule has 4 aromatic rings. The van der Waals surface area contributed by atoms with E-state index in [1.54, 1.807) is 36.4 Å². The van der Waals surface area contributed by atoms with Crippen LogP contribution in [-0.2, 0) is 9.84 Å². The highest BCUT2D eigenvalue weighted by atomic mass is 32.2. The second-order valence-electron chi connectivity index (χ2n) is 7.51. The van der Waals surface area contributed by atoms with Crippen LogP contribution in [0.25, 0.3) is 10.8 Å². The predicted octanol–water partition coefficient (Wildman–Crippen LogP) is 6.67. The van der Waals surface area contributed by atoms with Crippen LogP contribution in [0.3, 0.4) is 0 Å². The highest BCUT2D eigenvalue weighted by Crippen LogP contribution is 2.46. The SMILES string of the molecule is Cc1ccc(N=Nc2ccc3cc(S(C)(=O)=O)c(N=Nc4ccccc4)c(O)c3c2N)cc1. The topological polar surface area (TPSA) is 130 Å². The highest BCUT2D eigenvalue weighted by Gasteiger charge is 2.22. The van der Waals surface area contributed by atoms with E-state index in [0.29, 0.717) is 22.4 Å². The Hall–Kier alpha value is -4.11. The molecule has 0 saturated heterocycles. The van der Waals surface area contributed by atoms with Crippen LogP contribution in [0.1, 0.15) is 5.56 Å². The number of azo groups is 2. The maximum atomic E-state index is 12.4. The van der Waals surface area contributed by atoms with Crippen molar-refractivity contribution in [3.8, 4) is 5.75 Å². The molecule has 3 N–H and O–H groups in total. The summed E-state index contributed by atoms with van der Waals surface area (Å²) in [6.45, 7) is 1.97. The number of aromatic hydroxyl groups is 1. The van der Waals surface area contributed by atoms with Crippen molar-refractivity contribution in [1.29, 1.82) is 0 Å². The van der Waals surface area contributed by atoms with E-state index < -0.39 is 15.6 Å². The lowest BCUT2D eigenvalue weighted by Crippen LogP contribution is -1.99. The number of sulfone groups is 1. The van der Waals surface area contributed by atoms with Gasteiger partial charge in [-0.1, -0.05) is 42.0 Å². The zero-order valence-corrected chi connectivity index (χ0v) is 18.8. The summed E-state index contributed by atoms with van der Waals surface area (Å²) < 4.78 is 24.8. The molecule has 0 unspecified atom stereocenters. The van der Waals surface area contributed by atoms with E-state index in [4.69, 9.17) is 5.73 Å². The molecule has 0 aliphatic rings. The monoisotopic (exact) mass is 459 g/mol. The average molecular weight is 460 g/mol. The van der Waals surface area contributed by atoms with Crippen LogP contribution in [-0.4, -0.2) is 19.8 Å². The number of anilines is 1. The number of nitrogens with two attached hydrogens (primary N) is 1. The van der Waals surface area contributed by atoms with Crippen LogP contribution >= 0.6 is 0 Å². The van der Waals surface area contributed by atoms with Gasteiger partial charge in [-0.3, -0.25) is 0 Å². The lowest BCUT2D eigenvalue weighted by molar-refractivity contribution is 0.481. The van der Waals surface area contributed by atoms with Gasteiger partial charge in [0.05, 0.1) is 27.3 Å². The molecule has 8 nitrogen and oxygen atoms in total. The first kappa shape index (κ1) is 22.1. The summed E-state index contributed by atoms with van der Waals surface area (Å²) in [6.07, 6.45) is 1.04. The molecule has 0 amide bonds. The van der Waals surface area contributed by atoms with Gasteiger partial charge in [-0.25, -0.2) is 8.42 Å². The number of rotatable bonds is 5. The smallest absolute Gasteiger partial charge is 0.177 e. The number of aryl methyl sites for hydroxylation is 1. The Kier molecular flexibility index (Phi) is 5.89.